The van der Waals surface area contributed by atoms with Crippen LogP contribution in [-0.4, -0.2) is 8.32 Å². The van der Waals surface area contributed by atoms with Crippen molar-refractivity contribution in [1.29, 1.82) is 0 Å². The molecular weight excluding hydrogens is 260 g/mol. The maximum Gasteiger partial charge on any atom is 0.192 e. The summed E-state index contributed by atoms with van der Waals surface area (Å²) in [7, 11) is -1.70. The minimum Gasteiger partial charge on any atom is -0.413 e. The Bertz CT molecular complexity index is 407. The lowest BCUT2D eigenvalue weighted by Crippen LogP contribution is -2.40. The maximum atomic E-state index is 6.23. The number of hydrogen-bond acceptors (Lipinski definition) is 1. The third-order valence-corrected chi connectivity index (χ3v) is 8.76. The monoisotopic (exact) mass is 284 g/mol. The molecule has 0 radical (unpaired) electrons. The molecule has 1 aromatic carbocycles. The molecule has 0 amide bonds. The minimum absolute atomic E-state index is 0.238. The molecule has 0 aliphatic rings. The van der Waals surface area contributed by atoms with E-state index in [1.807, 2.05) is 6.07 Å². The van der Waals surface area contributed by atoms with Crippen molar-refractivity contribution in [3.8, 4) is 0 Å². The smallest absolute Gasteiger partial charge is 0.192 e. The van der Waals surface area contributed by atoms with Crippen molar-refractivity contribution in [2.75, 3.05) is 0 Å². The van der Waals surface area contributed by atoms with Crippen LogP contribution >= 0.6 is 11.6 Å². The van der Waals surface area contributed by atoms with Crippen molar-refractivity contribution in [2.24, 2.45) is 0 Å². The van der Waals surface area contributed by atoms with Crippen molar-refractivity contribution in [3.05, 3.63) is 34.3 Å². The molecule has 3 heteroatoms. The van der Waals surface area contributed by atoms with Gasteiger partial charge in [-0.15, -0.1) is 0 Å². The Kier molecular flexibility index (Phi) is 5.04. The molecule has 0 aliphatic heterocycles. The summed E-state index contributed by atoms with van der Waals surface area (Å²) in [5.41, 5.74) is 2.43. The summed E-state index contributed by atoms with van der Waals surface area (Å²) in [6, 6.07) is 6.22. The summed E-state index contributed by atoms with van der Waals surface area (Å²) < 4.78 is 6.21. The van der Waals surface area contributed by atoms with Gasteiger partial charge in [-0.2, -0.15) is 0 Å². The second-order valence-corrected chi connectivity index (χ2v) is 11.5. The van der Waals surface area contributed by atoms with Crippen molar-refractivity contribution in [3.63, 3.8) is 0 Å². The van der Waals surface area contributed by atoms with Crippen LogP contribution in [0.1, 0.15) is 38.8 Å². The van der Waals surface area contributed by atoms with Crippen LogP contribution in [0.4, 0.5) is 0 Å². The molecule has 1 rings (SSSR count). The van der Waals surface area contributed by atoms with E-state index in [0.29, 0.717) is 6.61 Å². The van der Waals surface area contributed by atoms with Gasteiger partial charge in [0.25, 0.3) is 0 Å². The van der Waals surface area contributed by atoms with E-state index in [0.717, 1.165) is 17.0 Å². The highest BCUT2D eigenvalue weighted by Crippen LogP contribution is 2.37. The van der Waals surface area contributed by atoms with E-state index in [1.165, 1.54) is 5.56 Å². The lowest BCUT2D eigenvalue weighted by atomic mass is 10.1. The predicted molar refractivity (Wildman–Crippen MR) is 82.8 cm³/mol. The molecular formula is C15H25ClOSi. The van der Waals surface area contributed by atoms with E-state index in [2.05, 4.69) is 52.9 Å². The van der Waals surface area contributed by atoms with E-state index >= 15 is 0 Å². The Hall–Kier alpha value is -0.313. The van der Waals surface area contributed by atoms with E-state index in [4.69, 9.17) is 16.0 Å². The zero-order chi connectivity index (χ0) is 14.0. The number of aryl methyl sites for hydroxylation is 1. The van der Waals surface area contributed by atoms with Gasteiger partial charge >= 0.3 is 0 Å². The van der Waals surface area contributed by atoms with Crippen molar-refractivity contribution in [1.82, 2.24) is 0 Å². The Morgan fingerprint density at radius 3 is 2.33 bits per heavy atom. The molecule has 0 saturated heterocycles. The first-order valence-electron chi connectivity index (χ1n) is 6.58. The molecule has 0 spiro atoms. The Labute approximate surface area is 118 Å². The minimum atomic E-state index is -1.70. The average Bonchev–Trinajstić information content (AvgIpc) is 2.26. The highest BCUT2D eigenvalue weighted by atomic mass is 35.5. The van der Waals surface area contributed by atoms with Crippen LogP contribution in [-0.2, 0) is 17.5 Å². The lowest BCUT2D eigenvalue weighted by molar-refractivity contribution is 0.276. The van der Waals surface area contributed by atoms with E-state index in [1.54, 1.807) is 0 Å². The van der Waals surface area contributed by atoms with E-state index in [9.17, 15) is 0 Å². The zero-order valence-corrected chi connectivity index (χ0v) is 14.2. The van der Waals surface area contributed by atoms with Gasteiger partial charge < -0.3 is 4.43 Å². The Morgan fingerprint density at radius 2 is 1.83 bits per heavy atom. The van der Waals surface area contributed by atoms with Gasteiger partial charge in [0.2, 0.25) is 0 Å². The largest absolute Gasteiger partial charge is 0.413 e. The van der Waals surface area contributed by atoms with Gasteiger partial charge in [-0.1, -0.05) is 51.4 Å². The first-order valence-corrected chi connectivity index (χ1v) is 9.87. The van der Waals surface area contributed by atoms with Gasteiger partial charge in [0.1, 0.15) is 0 Å². The van der Waals surface area contributed by atoms with E-state index < -0.39 is 8.32 Å². The lowest BCUT2D eigenvalue weighted by Gasteiger charge is -2.36. The fraction of sp³-hybridized carbons (Fsp3) is 0.600. The second-order valence-electron chi connectivity index (χ2n) is 6.33. The van der Waals surface area contributed by atoms with Crippen LogP contribution in [0.25, 0.3) is 0 Å². The molecule has 102 valence electrons. The molecule has 0 N–H and O–H groups in total. The van der Waals surface area contributed by atoms with Crippen molar-refractivity contribution < 1.29 is 4.43 Å². The van der Waals surface area contributed by atoms with Crippen LogP contribution in [0.5, 0.6) is 0 Å². The van der Waals surface area contributed by atoms with Crippen LogP contribution in [0.3, 0.4) is 0 Å². The predicted octanol–water partition coefficient (Wildman–Crippen LogP) is 5.42. The molecule has 0 heterocycles. The fourth-order valence-corrected chi connectivity index (χ4v) is 2.55. The number of benzene rings is 1. The molecule has 1 aromatic rings. The van der Waals surface area contributed by atoms with E-state index in [-0.39, 0.29) is 5.04 Å². The molecule has 0 saturated carbocycles. The SMILES string of the molecule is CCc1ccc(Cl)c(CO[Si](C)(C)C(C)(C)C)c1. The Morgan fingerprint density at radius 1 is 1.22 bits per heavy atom. The summed E-state index contributed by atoms with van der Waals surface area (Å²) in [5.74, 6) is 0. The van der Waals surface area contributed by atoms with Crippen molar-refractivity contribution in [2.45, 2.75) is 58.9 Å². The Balaban J connectivity index is 2.80. The summed E-state index contributed by atoms with van der Waals surface area (Å²) >= 11 is 6.23. The summed E-state index contributed by atoms with van der Waals surface area (Å²) in [4.78, 5) is 0. The molecule has 18 heavy (non-hydrogen) atoms. The van der Waals surface area contributed by atoms with Crippen LogP contribution < -0.4 is 0 Å². The highest BCUT2D eigenvalue weighted by molar-refractivity contribution is 6.74. The third kappa shape index (κ3) is 3.84. The molecule has 0 bridgehead atoms. The molecule has 0 unspecified atom stereocenters. The van der Waals surface area contributed by atoms with Crippen LogP contribution in [0.15, 0.2) is 18.2 Å². The highest BCUT2D eigenvalue weighted by Gasteiger charge is 2.37. The van der Waals surface area contributed by atoms with Crippen LogP contribution in [0, 0.1) is 0 Å². The molecule has 0 aliphatic carbocycles. The number of hydrogen-bond donors (Lipinski definition) is 0. The van der Waals surface area contributed by atoms with Gasteiger partial charge in [-0.3, -0.25) is 0 Å². The molecule has 0 atom stereocenters. The number of halogens is 1. The van der Waals surface area contributed by atoms with Gasteiger partial charge in [0.15, 0.2) is 8.32 Å². The van der Waals surface area contributed by atoms with Crippen LogP contribution in [0.2, 0.25) is 23.2 Å². The number of rotatable bonds is 4. The van der Waals surface area contributed by atoms with Gasteiger partial charge in [-0.05, 0) is 41.7 Å². The molecule has 0 fully saturated rings. The first kappa shape index (κ1) is 15.7. The summed E-state index contributed by atoms with van der Waals surface area (Å²) in [6.07, 6.45) is 1.03. The second kappa shape index (κ2) is 5.77. The standard InChI is InChI=1S/C15H25ClOSi/c1-7-12-8-9-14(16)13(10-12)11-17-18(5,6)15(2,3)4/h8-10H,7,11H2,1-6H3. The third-order valence-electron chi connectivity index (χ3n) is 3.91. The summed E-state index contributed by atoms with van der Waals surface area (Å²) in [6.45, 7) is 14.1. The summed E-state index contributed by atoms with van der Waals surface area (Å²) in [5, 5.41) is 1.05. The topological polar surface area (TPSA) is 9.23 Å². The quantitative estimate of drug-likeness (QED) is 0.671. The fourth-order valence-electron chi connectivity index (χ4n) is 1.43. The van der Waals surface area contributed by atoms with Crippen molar-refractivity contribution >= 4 is 19.9 Å². The average molecular weight is 285 g/mol. The molecule has 1 nitrogen and oxygen atoms in total. The van der Waals surface area contributed by atoms with Gasteiger partial charge in [-0.25, -0.2) is 0 Å². The maximum absolute atomic E-state index is 6.23. The van der Waals surface area contributed by atoms with Gasteiger partial charge in [0, 0.05) is 5.02 Å². The van der Waals surface area contributed by atoms with Gasteiger partial charge in [0.05, 0.1) is 6.61 Å². The normalized spacial score (nSPS) is 12.8. The zero-order valence-electron chi connectivity index (χ0n) is 12.4. The molecule has 0 aromatic heterocycles. The first-order chi connectivity index (χ1) is 8.17.